The van der Waals surface area contributed by atoms with E-state index in [4.69, 9.17) is 10.5 Å². The van der Waals surface area contributed by atoms with Gasteiger partial charge in [0, 0.05) is 13.1 Å². The van der Waals surface area contributed by atoms with Crippen molar-refractivity contribution in [2.24, 2.45) is 0 Å². The minimum Gasteiger partial charge on any atom is -0.491 e. The molecule has 1 amide bonds. The van der Waals surface area contributed by atoms with Gasteiger partial charge >= 0.3 is 0 Å². The van der Waals surface area contributed by atoms with Gasteiger partial charge in [-0.15, -0.1) is 0 Å². The molecule has 0 aliphatic heterocycles. The Morgan fingerprint density at radius 1 is 1.50 bits per heavy atom. The molecule has 0 aliphatic rings. The molecule has 1 rings (SSSR count). The van der Waals surface area contributed by atoms with E-state index in [9.17, 15) is 4.79 Å². The second-order valence-corrected chi connectivity index (χ2v) is 3.95. The molecule has 18 heavy (non-hydrogen) atoms. The summed E-state index contributed by atoms with van der Waals surface area (Å²) in [6.07, 6.45) is 5.28. The van der Waals surface area contributed by atoms with Crippen LogP contribution in [0.25, 0.3) is 6.08 Å². The molecule has 4 nitrogen and oxygen atoms in total. The van der Waals surface area contributed by atoms with Gasteiger partial charge in [-0.2, -0.15) is 0 Å². The number of hydrogen-bond acceptors (Lipinski definition) is 3. The minimum absolute atomic E-state index is 0.142. The van der Waals surface area contributed by atoms with Crippen molar-refractivity contribution < 1.29 is 9.53 Å². The van der Waals surface area contributed by atoms with Gasteiger partial charge in [-0.05, 0) is 30.2 Å². The zero-order chi connectivity index (χ0) is 13.4. The third kappa shape index (κ3) is 4.49. The standard InChI is InChI=1S/C14H20N2O2/c1-3-4-9-18-13-7-5-11(10-12(13)15)6-8-14(17)16-2/h5-8,10H,3-4,9,15H2,1-2H3,(H,16,17)/b8-6-. The first-order valence-corrected chi connectivity index (χ1v) is 6.09. The molecular weight excluding hydrogens is 228 g/mol. The Morgan fingerprint density at radius 3 is 2.89 bits per heavy atom. The topological polar surface area (TPSA) is 64.3 Å². The number of nitrogens with one attached hydrogen (secondary N) is 1. The highest BCUT2D eigenvalue weighted by molar-refractivity contribution is 5.91. The zero-order valence-corrected chi connectivity index (χ0v) is 10.9. The summed E-state index contributed by atoms with van der Waals surface area (Å²) in [5.74, 6) is 0.553. The summed E-state index contributed by atoms with van der Waals surface area (Å²) in [5, 5.41) is 2.51. The SMILES string of the molecule is CCCCOc1ccc(/C=C\C(=O)NC)cc1N. The Hall–Kier alpha value is -1.97. The van der Waals surface area contributed by atoms with E-state index in [1.165, 1.54) is 6.08 Å². The fourth-order valence-electron chi connectivity index (χ4n) is 1.38. The molecule has 0 aliphatic carbocycles. The van der Waals surface area contributed by atoms with Crippen LogP contribution in [0.4, 0.5) is 5.69 Å². The first-order valence-electron chi connectivity index (χ1n) is 6.09. The van der Waals surface area contributed by atoms with Crippen LogP contribution in [0.15, 0.2) is 24.3 Å². The maximum atomic E-state index is 11.1. The Bertz CT molecular complexity index is 428. The molecule has 3 N–H and O–H groups in total. The molecule has 0 unspecified atom stereocenters. The van der Waals surface area contributed by atoms with Crippen molar-refractivity contribution in [2.75, 3.05) is 19.4 Å². The number of hydrogen-bond donors (Lipinski definition) is 2. The van der Waals surface area contributed by atoms with Gasteiger partial charge in [0.25, 0.3) is 0 Å². The number of nitrogen functional groups attached to an aromatic ring is 1. The van der Waals surface area contributed by atoms with E-state index in [1.54, 1.807) is 19.2 Å². The number of carbonyl (C=O) groups excluding carboxylic acids is 1. The van der Waals surface area contributed by atoms with Crippen LogP contribution in [0, 0.1) is 0 Å². The number of carbonyl (C=O) groups is 1. The molecular formula is C14H20N2O2. The van der Waals surface area contributed by atoms with Gasteiger partial charge in [0.15, 0.2) is 0 Å². The van der Waals surface area contributed by atoms with Gasteiger partial charge < -0.3 is 15.8 Å². The number of unbranched alkanes of at least 4 members (excludes halogenated alkanes) is 1. The molecule has 0 heterocycles. The summed E-state index contributed by atoms with van der Waals surface area (Å²) in [6, 6.07) is 5.49. The highest BCUT2D eigenvalue weighted by atomic mass is 16.5. The van der Waals surface area contributed by atoms with Gasteiger partial charge in [-0.1, -0.05) is 19.4 Å². The third-order valence-corrected chi connectivity index (χ3v) is 2.46. The normalized spacial score (nSPS) is 10.6. The van der Waals surface area contributed by atoms with Crippen LogP contribution in [0.2, 0.25) is 0 Å². The van der Waals surface area contributed by atoms with E-state index < -0.39 is 0 Å². The average Bonchev–Trinajstić information content (AvgIpc) is 2.38. The molecule has 0 radical (unpaired) electrons. The van der Waals surface area contributed by atoms with Crippen molar-refractivity contribution in [1.82, 2.24) is 5.32 Å². The second kappa shape index (κ2) is 7.37. The van der Waals surface area contributed by atoms with Gasteiger partial charge in [-0.3, -0.25) is 4.79 Å². The van der Waals surface area contributed by atoms with Crippen LogP contribution in [0.1, 0.15) is 25.3 Å². The molecule has 0 spiro atoms. The summed E-state index contributed by atoms with van der Waals surface area (Å²) >= 11 is 0. The summed E-state index contributed by atoms with van der Waals surface area (Å²) in [4.78, 5) is 11.1. The van der Waals surface area contributed by atoms with Crippen molar-refractivity contribution in [3.05, 3.63) is 29.8 Å². The predicted octanol–water partition coefficient (Wildman–Crippen LogP) is 2.21. The number of likely N-dealkylation sites (N-methyl/N-ethyl adjacent to an activating group) is 1. The van der Waals surface area contributed by atoms with E-state index in [-0.39, 0.29) is 5.91 Å². The van der Waals surface area contributed by atoms with E-state index in [1.807, 2.05) is 12.1 Å². The van der Waals surface area contributed by atoms with Crippen molar-refractivity contribution >= 4 is 17.7 Å². The fourth-order valence-corrected chi connectivity index (χ4v) is 1.38. The summed E-state index contributed by atoms with van der Waals surface area (Å²) in [6.45, 7) is 2.79. The summed E-state index contributed by atoms with van der Waals surface area (Å²) in [7, 11) is 1.59. The van der Waals surface area contributed by atoms with E-state index in [0.29, 0.717) is 18.0 Å². The van der Waals surface area contributed by atoms with Gasteiger partial charge in [0.2, 0.25) is 5.91 Å². The molecule has 0 saturated carbocycles. The lowest BCUT2D eigenvalue weighted by molar-refractivity contribution is -0.115. The minimum atomic E-state index is -0.142. The molecule has 1 aromatic rings. The number of rotatable bonds is 6. The van der Waals surface area contributed by atoms with Crippen LogP contribution in [0.5, 0.6) is 5.75 Å². The Balaban J connectivity index is 2.67. The zero-order valence-electron chi connectivity index (χ0n) is 10.9. The van der Waals surface area contributed by atoms with Crippen LogP contribution in [0.3, 0.4) is 0 Å². The quantitative estimate of drug-likeness (QED) is 0.461. The molecule has 1 aromatic carbocycles. The lowest BCUT2D eigenvalue weighted by Crippen LogP contribution is -2.13. The monoisotopic (exact) mass is 248 g/mol. The van der Waals surface area contributed by atoms with Crippen molar-refractivity contribution in [3.8, 4) is 5.75 Å². The van der Waals surface area contributed by atoms with E-state index >= 15 is 0 Å². The van der Waals surface area contributed by atoms with Crippen LogP contribution >= 0.6 is 0 Å². The lowest BCUT2D eigenvalue weighted by Gasteiger charge is -2.08. The smallest absolute Gasteiger partial charge is 0.243 e. The number of ether oxygens (including phenoxy) is 1. The van der Waals surface area contributed by atoms with Crippen LogP contribution < -0.4 is 15.8 Å². The Kier molecular flexibility index (Phi) is 5.77. The highest BCUT2D eigenvalue weighted by Crippen LogP contribution is 2.23. The van der Waals surface area contributed by atoms with Gasteiger partial charge in [-0.25, -0.2) is 0 Å². The molecule has 4 heteroatoms. The number of nitrogens with two attached hydrogens (primary N) is 1. The van der Waals surface area contributed by atoms with E-state index in [0.717, 1.165) is 18.4 Å². The summed E-state index contributed by atoms with van der Waals surface area (Å²) in [5.41, 5.74) is 7.35. The summed E-state index contributed by atoms with van der Waals surface area (Å²) < 4.78 is 5.55. The molecule has 0 aromatic heterocycles. The number of benzene rings is 1. The largest absolute Gasteiger partial charge is 0.491 e. The fraction of sp³-hybridized carbons (Fsp3) is 0.357. The van der Waals surface area contributed by atoms with Crippen LogP contribution in [-0.2, 0) is 4.79 Å². The molecule has 0 fully saturated rings. The Labute approximate surface area is 108 Å². The number of amides is 1. The molecule has 0 saturated heterocycles. The van der Waals surface area contributed by atoms with Gasteiger partial charge in [0.05, 0.1) is 12.3 Å². The lowest BCUT2D eigenvalue weighted by atomic mass is 10.1. The first-order chi connectivity index (χ1) is 8.67. The maximum Gasteiger partial charge on any atom is 0.243 e. The average molecular weight is 248 g/mol. The van der Waals surface area contributed by atoms with Crippen molar-refractivity contribution in [2.45, 2.75) is 19.8 Å². The first kappa shape index (κ1) is 14.1. The predicted molar refractivity (Wildman–Crippen MR) is 74.4 cm³/mol. The van der Waals surface area contributed by atoms with Crippen molar-refractivity contribution in [3.63, 3.8) is 0 Å². The molecule has 98 valence electrons. The maximum absolute atomic E-state index is 11.1. The van der Waals surface area contributed by atoms with Crippen molar-refractivity contribution in [1.29, 1.82) is 0 Å². The molecule has 0 bridgehead atoms. The molecule has 0 atom stereocenters. The number of anilines is 1. The van der Waals surface area contributed by atoms with Crippen LogP contribution in [-0.4, -0.2) is 19.6 Å². The third-order valence-electron chi connectivity index (χ3n) is 2.46. The highest BCUT2D eigenvalue weighted by Gasteiger charge is 2.00. The van der Waals surface area contributed by atoms with E-state index in [2.05, 4.69) is 12.2 Å². The Morgan fingerprint density at radius 2 is 2.28 bits per heavy atom. The second-order valence-electron chi connectivity index (χ2n) is 3.95. The van der Waals surface area contributed by atoms with Gasteiger partial charge in [0.1, 0.15) is 5.75 Å².